The number of methoxy groups -OCH3 is 1. The number of hydrogen-bond donors (Lipinski definition) is 3. The molecule has 1 aliphatic rings. The molecule has 30 heavy (non-hydrogen) atoms. The summed E-state index contributed by atoms with van der Waals surface area (Å²) < 4.78 is 5.60. The molecule has 152 valence electrons. The Bertz CT molecular complexity index is 1120. The molecule has 0 unspecified atom stereocenters. The van der Waals surface area contributed by atoms with E-state index in [0.29, 0.717) is 29.0 Å². The maximum atomic E-state index is 9.40. The van der Waals surface area contributed by atoms with E-state index in [1.54, 1.807) is 25.3 Å². The summed E-state index contributed by atoms with van der Waals surface area (Å²) in [5, 5.41) is 15.7. The maximum absolute atomic E-state index is 9.40. The van der Waals surface area contributed by atoms with Crippen LogP contribution >= 0.6 is 0 Å². The van der Waals surface area contributed by atoms with Crippen LogP contribution in [0.3, 0.4) is 0 Å². The van der Waals surface area contributed by atoms with Crippen molar-refractivity contribution < 1.29 is 4.74 Å². The predicted octanol–water partition coefficient (Wildman–Crippen LogP) is 2.81. The second-order valence-corrected chi connectivity index (χ2v) is 7.07. The Morgan fingerprint density at radius 2 is 2.10 bits per heavy atom. The van der Waals surface area contributed by atoms with E-state index in [1.807, 2.05) is 6.07 Å². The lowest BCUT2D eigenvalue weighted by molar-refractivity contribution is 0.306. The van der Waals surface area contributed by atoms with Gasteiger partial charge < -0.3 is 26.0 Å². The molecule has 0 spiro atoms. The molecule has 1 aliphatic heterocycles. The highest BCUT2D eigenvalue weighted by atomic mass is 16.5. The molecule has 0 bridgehead atoms. The molecule has 3 aromatic rings. The minimum atomic E-state index is 0.300. The van der Waals surface area contributed by atoms with Crippen LogP contribution in [0.1, 0.15) is 16.7 Å². The van der Waals surface area contributed by atoms with Crippen LogP contribution in [-0.4, -0.2) is 40.6 Å². The Morgan fingerprint density at radius 1 is 1.23 bits per heavy atom. The number of nitrogens with zero attached hydrogens (tertiary/aromatic N) is 5. The van der Waals surface area contributed by atoms with E-state index >= 15 is 0 Å². The number of ether oxygens (including phenoxy) is 1. The first-order chi connectivity index (χ1) is 14.6. The molecule has 1 aromatic carbocycles. The number of likely N-dealkylation sites (N-methyl/N-ethyl adjacent to an activating group) is 1. The fraction of sp³-hybridized carbons (Fsp3) is 0.238. The van der Waals surface area contributed by atoms with Crippen LogP contribution in [0.2, 0.25) is 0 Å². The maximum Gasteiger partial charge on any atom is 0.229 e. The molecule has 0 amide bonds. The molecule has 9 nitrogen and oxygen atoms in total. The topological polar surface area (TPSA) is 125 Å². The van der Waals surface area contributed by atoms with E-state index < -0.39 is 0 Å². The summed E-state index contributed by atoms with van der Waals surface area (Å²) in [6.07, 6.45) is 2.41. The van der Waals surface area contributed by atoms with Gasteiger partial charge in [0.05, 0.1) is 13.3 Å². The predicted molar refractivity (Wildman–Crippen MR) is 115 cm³/mol. The van der Waals surface area contributed by atoms with E-state index in [9.17, 15) is 5.26 Å². The average Bonchev–Trinajstić information content (AvgIpc) is 2.73. The van der Waals surface area contributed by atoms with Crippen LogP contribution in [-0.2, 0) is 13.0 Å². The van der Waals surface area contributed by atoms with Gasteiger partial charge in [0.2, 0.25) is 5.95 Å². The smallest absolute Gasteiger partial charge is 0.229 e. The lowest BCUT2D eigenvalue weighted by Crippen LogP contribution is -2.27. The number of anilines is 5. The van der Waals surface area contributed by atoms with Gasteiger partial charge >= 0.3 is 0 Å². The van der Waals surface area contributed by atoms with Crippen LogP contribution in [0.15, 0.2) is 36.5 Å². The highest BCUT2D eigenvalue weighted by Gasteiger charge is 2.19. The standard InChI is InChI=1S/C21H22N8O/c1-29-7-6-16-13(12-29)8-15(9-17(16)30-2)25-21-24-11-14(10-22)20(28-21)27-19-5-3-4-18(23)26-19/h3-5,8-9,11H,6-7,12H2,1-2H3,(H4,23,24,25,26,27,28). The van der Waals surface area contributed by atoms with Crippen LogP contribution in [0.5, 0.6) is 5.75 Å². The van der Waals surface area contributed by atoms with Crippen molar-refractivity contribution in [2.24, 2.45) is 0 Å². The molecule has 4 N–H and O–H groups in total. The molecular formula is C21H22N8O. The van der Waals surface area contributed by atoms with Gasteiger partial charge in [-0.05, 0) is 37.2 Å². The Kier molecular flexibility index (Phi) is 5.32. The number of nitrogen functional groups attached to an aromatic ring is 1. The van der Waals surface area contributed by atoms with Gasteiger partial charge in [-0.25, -0.2) is 9.97 Å². The molecule has 9 heteroatoms. The lowest BCUT2D eigenvalue weighted by atomic mass is 9.98. The number of pyridine rings is 1. The zero-order valence-electron chi connectivity index (χ0n) is 16.8. The minimum Gasteiger partial charge on any atom is -0.496 e. The average molecular weight is 402 g/mol. The first-order valence-electron chi connectivity index (χ1n) is 9.48. The van der Waals surface area contributed by atoms with Crippen molar-refractivity contribution in [3.63, 3.8) is 0 Å². The Labute approximate surface area is 174 Å². The van der Waals surface area contributed by atoms with Gasteiger partial charge in [0.1, 0.15) is 29.0 Å². The first-order valence-corrected chi connectivity index (χ1v) is 9.48. The number of nitrogens with one attached hydrogen (secondary N) is 2. The molecule has 0 saturated heterocycles. The third-order valence-corrected chi connectivity index (χ3v) is 4.89. The zero-order chi connectivity index (χ0) is 21.1. The van der Waals surface area contributed by atoms with Crippen LogP contribution in [0.25, 0.3) is 0 Å². The van der Waals surface area contributed by atoms with Crippen molar-refractivity contribution in [3.05, 3.63) is 53.2 Å². The SMILES string of the molecule is COc1cc(Nc2ncc(C#N)c(Nc3cccc(N)n3)n2)cc2c1CCN(C)C2. The van der Waals surface area contributed by atoms with Crippen molar-refractivity contribution in [1.82, 2.24) is 19.9 Å². The molecule has 2 aromatic heterocycles. The van der Waals surface area contributed by atoms with E-state index in [1.165, 1.54) is 17.3 Å². The Morgan fingerprint density at radius 3 is 2.87 bits per heavy atom. The number of fused-ring (bicyclic) bond motifs is 1. The minimum absolute atomic E-state index is 0.300. The van der Waals surface area contributed by atoms with Gasteiger partial charge in [-0.1, -0.05) is 6.07 Å². The zero-order valence-corrected chi connectivity index (χ0v) is 16.8. The molecule has 0 aliphatic carbocycles. The lowest BCUT2D eigenvalue weighted by Gasteiger charge is -2.27. The molecular weight excluding hydrogens is 380 g/mol. The first kappa shape index (κ1) is 19.4. The highest BCUT2D eigenvalue weighted by molar-refractivity contribution is 5.65. The van der Waals surface area contributed by atoms with Crippen molar-refractivity contribution in [3.8, 4) is 11.8 Å². The van der Waals surface area contributed by atoms with Crippen molar-refractivity contribution >= 4 is 29.1 Å². The molecule has 0 fully saturated rings. The number of nitrogens with two attached hydrogens (primary N) is 1. The summed E-state index contributed by atoms with van der Waals surface area (Å²) in [7, 11) is 3.78. The van der Waals surface area contributed by atoms with E-state index in [4.69, 9.17) is 10.5 Å². The summed E-state index contributed by atoms with van der Waals surface area (Å²) in [6.45, 7) is 1.85. The van der Waals surface area contributed by atoms with Gasteiger partial charge in [0.15, 0.2) is 5.82 Å². The third kappa shape index (κ3) is 4.09. The monoisotopic (exact) mass is 402 g/mol. The van der Waals surface area contributed by atoms with E-state index in [0.717, 1.165) is 30.9 Å². The van der Waals surface area contributed by atoms with Gasteiger partial charge in [-0.15, -0.1) is 0 Å². The van der Waals surface area contributed by atoms with Crippen LogP contribution in [0.4, 0.5) is 29.1 Å². The number of nitriles is 1. The second kappa shape index (κ2) is 8.23. The van der Waals surface area contributed by atoms with Crippen molar-refractivity contribution in [1.29, 1.82) is 5.26 Å². The molecule has 0 saturated carbocycles. The summed E-state index contributed by atoms with van der Waals surface area (Å²) in [5.41, 5.74) is 9.29. The number of hydrogen-bond acceptors (Lipinski definition) is 9. The van der Waals surface area contributed by atoms with Crippen LogP contribution in [0, 0.1) is 11.3 Å². The number of rotatable bonds is 5. The van der Waals surface area contributed by atoms with E-state index in [-0.39, 0.29) is 0 Å². The third-order valence-electron chi connectivity index (χ3n) is 4.89. The largest absolute Gasteiger partial charge is 0.496 e. The number of aromatic nitrogens is 3. The Balaban J connectivity index is 1.64. The fourth-order valence-electron chi connectivity index (χ4n) is 3.45. The molecule has 3 heterocycles. The number of benzene rings is 1. The van der Waals surface area contributed by atoms with Gasteiger partial charge in [0.25, 0.3) is 0 Å². The normalized spacial score (nSPS) is 13.2. The van der Waals surface area contributed by atoms with E-state index in [2.05, 4.69) is 49.7 Å². The van der Waals surface area contributed by atoms with Gasteiger partial charge in [-0.3, -0.25) is 0 Å². The second-order valence-electron chi connectivity index (χ2n) is 7.07. The van der Waals surface area contributed by atoms with Gasteiger partial charge in [-0.2, -0.15) is 10.2 Å². The summed E-state index contributed by atoms with van der Waals surface area (Å²) in [6, 6.07) is 11.3. The Hall–Kier alpha value is -3.90. The molecule has 0 atom stereocenters. The highest BCUT2D eigenvalue weighted by Crippen LogP contribution is 2.32. The van der Waals surface area contributed by atoms with Crippen LogP contribution < -0.4 is 21.1 Å². The van der Waals surface area contributed by atoms with Crippen molar-refractivity contribution in [2.75, 3.05) is 37.1 Å². The van der Waals surface area contributed by atoms with Gasteiger partial charge in [0, 0.05) is 30.4 Å². The molecule has 4 rings (SSSR count). The summed E-state index contributed by atoms with van der Waals surface area (Å²) in [4.78, 5) is 15.2. The fourth-order valence-corrected chi connectivity index (χ4v) is 3.45. The van der Waals surface area contributed by atoms with Crippen molar-refractivity contribution in [2.45, 2.75) is 13.0 Å². The summed E-state index contributed by atoms with van der Waals surface area (Å²) >= 11 is 0. The quantitative estimate of drug-likeness (QED) is 0.590. The molecule has 0 radical (unpaired) electrons. The summed E-state index contributed by atoms with van der Waals surface area (Å²) in [5.74, 6) is 2.41.